The van der Waals surface area contributed by atoms with Crippen LogP contribution < -0.4 is 9.64 Å². The van der Waals surface area contributed by atoms with E-state index in [-0.39, 0.29) is 12.5 Å². The van der Waals surface area contributed by atoms with Crippen LogP contribution in [0.1, 0.15) is 19.2 Å². The van der Waals surface area contributed by atoms with Gasteiger partial charge in [-0.3, -0.25) is 9.69 Å². The summed E-state index contributed by atoms with van der Waals surface area (Å²) in [5.74, 6) is 1.47. The molecule has 0 saturated heterocycles. The number of carbonyl (C=O) groups excluding carboxylic acids is 1. The van der Waals surface area contributed by atoms with Crippen LogP contribution in [-0.2, 0) is 17.9 Å². The molecule has 0 fully saturated rings. The van der Waals surface area contributed by atoms with Gasteiger partial charge in [0.25, 0.3) is 5.91 Å². The molecule has 1 aliphatic heterocycles. The number of rotatable bonds is 4. The Balaban J connectivity index is 1.91. The van der Waals surface area contributed by atoms with Gasteiger partial charge in [0.1, 0.15) is 17.9 Å². The second kappa shape index (κ2) is 6.00. The fourth-order valence-electron chi connectivity index (χ4n) is 2.30. The number of fused-ring (bicyclic) bond motifs is 1. The maximum atomic E-state index is 12.2. The Labute approximate surface area is 136 Å². The van der Waals surface area contributed by atoms with Crippen molar-refractivity contribution in [1.29, 1.82) is 0 Å². The van der Waals surface area contributed by atoms with E-state index in [0.717, 1.165) is 33.8 Å². The van der Waals surface area contributed by atoms with Gasteiger partial charge in [0.15, 0.2) is 6.61 Å². The monoisotopic (exact) mass is 398 g/mol. The Morgan fingerprint density at radius 2 is 2.29 bits per heavy atom. The van der Waals surface area contributed by atoms with E-state index in [1.165, 1.54) is 6.33 Å². The third-order valence-corrected chi connectivity index (χ3v) is 3.97. The number of benzene rings is 1. The van der Waals surface area contributed by atoms with Crippen LogP contribution in [0.5, 0.6) is 5.75 Å². The van der Waals surface area contributed by atoms with Gasteiger partial charge in [-0.2, -0.15) is 5.10 Å². The fraction of sp³-hybridized carbons (Fsp3) is 0.357. The number of hydrogen-bond acceptors (Lipinski definition) is 4. The van der Waals surface area contributed by atoms with Crippen LogP contribution in [0, 0.1) is 3.57 Å². The Bertz CT molecular complexity index is 671. The molecular weight excluding hydrogens is 383 g/mol. The third kappa shape index (κ3) is 2.87. The van der Waals surface area contributed by atoms with E-state index in [4.69, 9.17) is 4.74 Å². The fourth-order valence-corrected chi connectivity index (χ4v) is 2.76. The quantitative estimate of drug-likeness (QED) is 0.742. The lowest BCUT2D eigenvalue weighted by Gasteiger charge is -2.29. The summed E-state index contributed by atoms with van der Waals surface area (Å²) in [5.41, 5.74) is 0.790. The van der Waals surface area contributed by atoms with Gasteiger partial charge in [-0.05, 0) is 47.2 Å². The van der Waals surface area contributed by atoms with Gasteiger partial charge in [-0.15, -0.1) is 0 Å². The molecule has 1 aromatic heterocycles. The molecule has 6 nitrogen and oxygen atoms in total. The van der Waals surface area contributed by atoms with Crippen LogP contribution in [-0.4, -0.2) is 27.3 Å². The number of halogens is 1. The van der Waals surface area contributed by atoms with Crippen LogP contribution in [0.3, 0.4) is 0 Å². The lowest BCUT2D eigenvalue weighted by Crippen LogP contribution is -2.39. The minimum Gasteiger partial charge on any atom is -0.482 e. The van der Waals surface area contributed by atoms with Gasteiger partial charge in [-0.25, -0.2) is 9.67 Å². The van der Waals surface area contributed by atoms with E-state index in [2.05, 4.69) is 39.6 Å². The predicted octanol–water partition coefficient (Wildman–Crippen LogP) is 2.22. The average molecular weight is 398 g/mol. The van der Waals surface area contributed by atoms with Crippen molar-refractivity contribution in [2.24, 2.45) is 0 Å². The van der Waals surface area contributed by atoms with Gasteiger partial charge < -0.3 is 4.74 Å². The molecule has 0 unspecified atom stereocenters. The summed E-state index contributed by atoms with van der Waals surface area (Å²) in [4.78, 5) is 18.2. The SMILES string of the molecule is CCCn1ncnc1CN1C(=O)COc2cc(I)ccc21. The Morgan fingerprint density at radius 1 is 1.43 bits per heavy atom. The highest BCUT2D eigenvalue weighted by Crippen LogP contribution is 2.34. The molecule has 1 aromatic carbocycles. The molecule has 1 amide bonds. The number of aromatic nitrogens is 3. The van der Waals surface area contributed by atoms with Gasteiger partial charge in [-0.1, -0.05) is 6.92 Å². The van der Waals surface area contributed by atoms with Crippen molar-refractivity contribution in [3.05, 3.63) is 33.9 Å². The van der Waals surface area contributed by atoms with E-state index in [1.54, 1.807) is 4.90 Å². The van der Waals surface area contributed by atoms with Crippen molar-refractivity contribution in [3.63, 3.8) is 0 Å². The normalized spacial score (nSPS) is 14.0. The molecule has 7 heteroatoms. The second-order valence-corrected chi connectivity index (χ2v) is 6.03. The van der Waals surface area contributed by atoms with Gasteiger partial charge in [0.2, 0.25) is 0 Å². The van der Waals surface area contributed by atoms with Crippen molar-refractivity contribution in [3.8, 4) is 5.75 Å². The first-order valence-electron chi connectivity index (χ1n) is 6.78. The molecule has 3 rings (SSSR count). The number of amides is 1. The molecule has 1 aliphatic rings. The summed E-state index contributed by atoms with van der Waals surface area (Å²) in [7, 11) is 0. The highest BCUT2D eigenvalue weighted by atomic mass is 127. The molecule has 0 bridgehead atoms. The van der Waals surface area contributed by atoms with E-state index in [9.17, 15) is 4.79 Å². The van der Waals surface area contributed by atoms with Crippen LogP contribution in [0.15, 0.2) is 24.5 Å². The van der Waals surface area contributed by atoms with Crippen molar-refractivity contribution in [2.75, 3.05) is 11.5 Å². The first-order valence-corrected chi connectivity index (χ1v) is 7.86. The van der Waals surface area contributed by atoms with Crippen molar-refractivity contribution in [1.82, 2.24) is 14.8 Å². The zero-order valence-corrected chi connectivity index (χ0v) is 13.8. The molecule has 21 heavy (non-hydrogen) atoms. The number of aryl methyl sites for hydroxylation is 1. The van der Waals surface area contributed by atoms with Crippen LogP contribution in [0.25, 0.3) is 0 Å². The lowest BCUT2D eigenvalue weighted by atomic mass is 10.2. The lowest BCUT2D eigenvalue weighted by molar-refractivity contribution is -0.121. The van der Waals surface area contributed by atoms with Gasteiger partial charge in [0, 0.05) is 10.1 Å². The van der Waals surface area contributed by atoms with Crippen molar-refractivity contribution in [2.45, 2.75) is 26.4 Å². The van der Waals surface area contributed by atoms with E-state index < -0.39 is 0 Å². The van der Waals surface area contributed by atoms with Crippen molar-refractivity contribution >= 4 is 34.2 Å². The molecular formula is C14H15IN4O2. The summed E-state index contributed by atoms with van der Waals surface area (Å²) in [6, 6.07) is 5.81. The first kappa shape index (κ1) is 14.3. The Morgan fingerprint density at radius 3 is 3.10 bits per heavy atom. The highest BCUT2D eigenvalue weighted by molar-refractivity contribution is 14.1. The summed E-state index contributed by atoms with van der Waals surface area (Å²) in [5, 5.41) is 4.20. The van der Waals surface area contributed by atoms with Crippen LogP contribution in [0.4, 0.5) is 5.69 Å². The first-order chi connectivity index (χ1) is 10.2. The van der Waals surface area contributed by atoms with Crippen molar-refractivity contribution < 1.29 is 9.53 Å². The zero-order valence-electron chi connectivity index (χ0n) is 11.6. The molecule has 0 N–H and O–H groups in total. The van der Waals surface area contributed by atoms with Crippen LogP contribution in [0.2, 0.25) is 0 Å². The number of nitrogens with zero attached hydrogens (tertiary/aromatic N) is 4. The molecule has 2 heterocycles. The number of anilines is 1. The van der Waals surface area contributed by atoms with Crippen LogP contribution >= 0.6 is 22.6 Å². The number of ether oxygens (including phenoxy) is 1. The summed E-state index contributed by atoms with van der Waals surface area (Å²) in [6.07, 6.45) is 2.51. The molecule has 0 spiro atoms. The van der Waals surface area contributed by atoms with E-state index in [0.29, 0.717) is 6.54 Å². The minimum atomic E-state index is -0.0604. The standard InChI is InChI=1S/C14H15IN4O2/c1-2-5-19-13(16-9-17-19)7-18-11-4-3-10(15)6-12(11)21-8-14(18)20/h3-4,6,9H,2,5,7-8H2,1H3. The second-order valence-electron chi connectivity index (χ2n) is 4.78. The number of hydrogen-bond donors (Lipinski definition) is 0. The molecule has 0 aliphatic carbocycles. The van der Waals surface area contributed by atoms with Gasteiger partial charge in [0.05, 0.1) is 12.2 Å². The Kier molecular flexibility index (Phi) is 4.09. The molecule has 2 aromatic rings. The minimum absolute atomic E-state index is 0.0604. The van der Waals surface area contributed by atoms with E-state index in [1.807, 2.05) is 22.9 Å². The molecule has 0 saturated carbocycles. The maximum Gasteiger partial charge on any atom is 0.265 e. The zero-order chi connectivity index (χ0) is 14.8. The predicted molar refractivity (Wildman–Crippen MR) is 86.2 cm³/mol. The molecule has 0 atom stereocenters. The highest BCUT2D eigenvalue weighted by Gasteiger charge is 2.27. The van der Waals surface area contributed by atoms with Gasteiger partial charge >= 0.3 is 0 Å². The summed E-state index contributed by atoms with van der Waals surface area (Å²) < 4.78 is 8.43. The third-order valence-electron chi connectivity index (χ3n) is 3.30. The summed E-state index contributed by atoms with van der Waals surface area (Å²) >= 11 is 2.23. The summed E-state index contributed by atoms with van der Waals surface area (Å²) in [6.45, 7) is 3.36. The smallest absolute Gasteiger partial charge is 0.265 e. The topological polar surface area (TPSA) is 60.2 Å². The largest absolute Gasteiger partial charge is 0.482 e. The molecule has 0 radical (unpaired) electrons. The number of carbonyl (C=O) groups is 1. The average Bonchev–Trinajstić information content (AvgIpc) is 2.90. The molecule has 110 valence electrons. The maximum absolute atomic E-state index is 12.2. The Hall–Kier alpha value is -1.64. The van der Waals surface area contributed by atoms with E-state index >= 15 is 0 Å².